The summed E-state index contributed by atoms with van der Waals surface area (Å²) in [7, 11) is 0. The van der Waals surface area contributed by atoms with Crippen LogP contribution in [0.3, 0.4) is 0 Å². The summed E-state index contributed by atoms with van der Waals surface area (Å²) in [6, 6.07) is 20.0. The largest absolute Gasteiger partial charge is 0.457 e. The zero-order valence-electron chi connectivity index (χ0n) is 13.4. The molecule has 3 rings (SSSR count). The Morgan fingerprint density at radius 3 is 2.69 bits per heavy atom. The molecule has 0 saturated carbocycles. The number of carbonyl (C=O) groups is 1. The molecule has 0 unspecified atom stereocenters. The van der Waals surface area contributed by atoms with E-state index in [1.54, 1.807) is 30.3 Å². The number of benzene rings is 2. The predicted molar refractivity (Wildman–Crippen MR) is 111 cm³/mol. The molecule has 0 aliphatic heterocycles. The lowest BCUT2D eigenvalue weighted by Crippen LogP contribution is -2.13. The average molecular weight is 475 g/mol. The van der Waals surface area contributed by atoms with E-state index in [2.05, 4.69) is 27.9 Å². The smallest absolute Gasteiger partial charge is 0.266 e. The van der Waals surface area contributed by atoms with Gasteiger partial charge in [-0.2, -0.15) is 5.26 Å². The van der Waals surface area contributed by atoms with Crippen LogP contribution in [0.4, 0.5) is 5.69 Å². The number of hydrogen-bond donors (Lipinski definition) is 1. The van der Waals surface area contributed by atoms with E-state index in [0.717, 1.165) is 9.13 Å². The van der Waals surface area contributed by atoms with E-state index >= 15 is 0 Å². The summed E-state index contributed by atoms with van der Waals surface area (Å²) >= 11 is 8.14. The van der Waals surface area contributed by atoms with Gasteiger partial charge < -0.3 is 9.73 Å². The number of carbonyl (C=O) groups excluding carboxylic acids is 1. The Labute approximate surface area is 169 Å². The molecule has 0 atom stereocenters. The van der Waals surface area contributed by atoms with Crippen LogP contribution in [-0.4, -0.2) is 5.91 Å². The maximum absolute atomic E-state index is 12.3. The van der Waals surface area contributed by atoms with Crippen LogP contribution < -0.4 is 5.32 Å². The van der Waals surface area contributed by atoms with Gasteiger partial charge in [0.25, 0.3) is 5.91 Å². The highest BCUT2D eigenvalue weighted by Crippen LogP contribution is 2.26. The van der Waals surface area contributed by atoms with E-state index in [4.69, 9.17) is 16.0 Å². The quantitative estimate of drug-likeness (QED) is 0.297. The average Bonchev–Trinajstić information content (AvgIpc) is 3.08. The summed E-state index contributed by atoms with van der Waals surface area (Å²) in [5, 5.41) is 12.6. The molecular formula is C20H12ClIN2O2. The molecule has 0 radical (unpaired) electrons. The summed E-state index contributed by atoms with van der Waals surface area (Å²) in [5.41, 5.74) is 1.40. The molecule has 6 heteroatoms. The van der Waals surface area contributed by atoms with Crippen molar-refractivity contribution in [2.24, 2.45) is 0 Å². The van der Waals surface area contributed by atoms with Crippen LogP contribution in [0.1, 0.15) is 5.76 Å². The fraction of sp³-hybridized carbons (Fsp3) is 0. The van der Waals surface area contributed by atoms with Gasteiger partial charge in [-0.3, -0.25) is 4.79 Å². The van der Waals surface area contributed by atoms with Gasteiger partial charge >= 0.3 is 0 Å². The van der Waals surface area contributed by atoms with E-state index in [-0.39, 0.29) is 5.57 Å². The van der Waals surface area contributed by atoms with E-state index in [1.807, 2.05) is 36.4 Å². The molecule has 4 nitrogen and oxygen atoms in total. The number of nitrogens with one attached hydrogen (secondary N) is 1. The lowest BCUT2D eigenvalue weighted by atomic mass is 10.2. The Morgan fingerprint density at radius 2 is 1.96 bits per heavy atom. The molecule has 0 spiro atoms. The second-order valence-electron chi connectivity index (χ2n) is 5.35. The van der Waals surface area contributed by atoms with Gasteiger partial charge in [0.2, 0.25) is 0 Å². The highest BCUT2D eigenvalue weighted by atomic mass is 127. The van der Waals surface area contributed by atoms with Crippen LogP contribution in [0.5, 0.6) is 0 Å². The molecule has 3 aromatic rings. The maximum atomic E-state index is 12.3. The Morgan fingerprint density at radius 1 is 1.15 bits per heavy atom. The second-order valence-corrected chi connectivity index (χ2v) is 7.03. The molecule has 26 heavy (non-hydrogen) atoms. The van der Waals surface area contributed by atoms with Gasteiger partial charge in [0, 0.05) is 25.9 Å². The first-order chi connectivity index (χ1) is 12.5. The van der Waals surface area contributed by atoms with Gasteiger partial charge in [0.15, 0.2) is 0 Å². The van der Waals surface area contributed by atoms with E-state index in [1.165, 1.54) is 6.08 Å². The lowest BCUT2D eigenvalue weighted by molar-refractivity contribution is -0.112. The topological polar surface area (TPSA) is 66.0 Å². The molecule has 1 amide bonds. The summed E-state index contributed by atoms with van der Waals surface area (Å²) in [6.07, 6.45) is 1.41. The van der Waals surface area contributed by atoms with Crippen LogP contribution in [0.25, 0.3) is 17.4 Å². The highest BCUT2D eigenvalue weighted by Gasteiger charge is 2.12. The van der Waals surface area contributed by atoms with Crippen LogP contribution in [0.2, 0.25) is 5.02 Å². The second kappa shape index (κ2) is 8.21. The molecule has 0 fully saturated rings. The molecule has 2 aromatic carbocycles. The highest BCUT2D eigenvalue weighted by molar-refractivity contribution is 14.1. The van der Waals surface area contributed by atoms with Crippen LogP contribution in [0, 0.1) is 14.9 Å². The van der Waals surface area contributed by atoms with Gasteiger partial charge in [-0.05, 0) is 65.1 Å². The molecule has 1 N–H and O–H groups in total. The number of anilines is 1. The van der Waals surface area contributed by atoms with Crippen molar-refractivity contribution >= 4 is 51.9 Å². The minimum absolute atomic E-state index is 0.0455. The van der Waals surface area contributed by atoms with Gasteiger partial charge in [-0.25, -0.2) is 0 Å². The first-order valence-corrected chi connectivity index (χ1v) is 9.05. The van der Waals surface area contributed by atoms with Crippen molar-refractivity contribution in [3.05, 3.63) is 80.6 Å². The first-order valence-electron chi connectivity index (χ1n) is 7.59. The fourth-order valence-corrected chi connectivity index (χ4v) is 3.02. The molecule has 0 saturated heterocycles. The minimum atomic E-state index is -0.491. The number of hydrogen-bond acceptors (Lipinski definition) is 3. The summed E-state index contributed by atoms with van der Waals surface area (Å²) in [5.74, 6) is 0.526. The summed E-state index contributed by atoms with van der Waals surface area (Å²) < 4.78 is 6.70. The molecule has 0 aliphatic rings. The number of amides is 1. The third-order valence-electron chi connectivity index (χ3n) is 3.47. The molecule has 1 heterocycles. The SMILES string of the molecule is N#C/C(=C\c1ccc(-c2cccc(Cl)c2)o1)C(=O)Nc1cccc(I)c1. The standard InChI is InChI=1S/C20H12ClIN2O2/c21-15-4-1-3-13(9-15)19-8-7-18(26-19)10-14(12-23)20(25)24-17-6-2-5-16(22)11-17/h1-11H,(H,24,25)/b14-10+. The number of furan rings is 1. The molecule has 128 valence electrons. The maximum Gasteiger partial charge on any atom is 0.266 e. The third-order valence-corrected chi connectivity index (χ3v) is 4.38. The van der Waals surface area contributed by atoms with E-state index in [0.29, 0.717) is 22.2 Å². The number of nitrogens with zero attached hydrogens (tertiary/aromatic N) is 1. The molecule has 0 bridgehead atoms. The number of halogens is 2. The van der Waals surface area contributed by atoms with Crippen LogP contribution in [-0.2, 0) is 4.79 Å². The van der Waals surface area contributed by atoms with Crippen molar-refractivity contribution < 1.29 is 9.21 Å². The van der Waals surface area contributed by atoms with Crippen molar-refractivity contribution in [3.63, 3.8) is 0 Å². The van der Waals surface area contributed by atoms with Gasteiger partial charge in [-0.15, -0.1) is 0 Å². The normalized spacial score (nSPS) is 11.0. The molecular weight excluding hydrogens is 463 g/mol. The van der Waals surface area contributed by atoms with Crippen molar-refractivity contribution in [3.8, 4) is 17.4 Å². The van der Waals surface area contributed by atoms with Crippen LogP contribution in [0.15, 0.2) is 70.7 Å². The van der Waals surface area contributed by atoms with Crippen molar-refractivity contribution in [2.75, 3.05) is 5.32 Å². The zero-order chi connectivity index (χ0) is 18.5. The fourth-order valence-electron chi connectivity index (χ4n) is 2.28. The predicted octanol–water partition coefficient (Wildman–Crippen LogP) is 5.75. The van der Waals surface area contributed by atoms with E-state index in [9.17, 15) is 10.1 Å². The summed E-state index contributed by atoms with van der Waals surface area (Å²) in [4.78, 5) is 12.3. The zero-order valence-corrected chi connectivity index (χ0v) is 16.3. The lowest BCUT2D eigenvalue weighted by Gasteiger charge is -2.04. The Bertz CT molecular complexity index is 1030. The van der Waals surface area contributed by atoms with Crippen molar-refractivity contribution in [1.29, 1.82) is 5.26 Å². The van der Waals surface area contributed by atoms with Gasteiger partial charge in [-0.1, -0.05) is 29.8 Å². The number of nitriles is 1. The summed E-state index contributed by atoms with van der Waals surface area (Å²) in [6.45, 7) is 0. The number of rotatable bonds is 4. The van der Waals surface area contributed by atoms with Gasteiger partial charge in [0.05, 0.1) is 0 Å². The Kier molecular flexibility index (Phi) is 5.76. The van der Waals surface area contributed by atoms with Crippen molar-refractivity contribution in [1.82, 2.24) is 0 Å². The minimum Gasteiger partial charge on any atom is -0.457 e. The van der Waals surface area contributed by atoms with Crippen LogP contribution >= 0.6 is 34.2 Å². The monoisotopic (exact) mass is 474 g/mol. The van der Waals surface area contributed by atoms with E-state index < -0.39 is 5.91 Å². The first kappa shape index (κ1) is 18.2. The Hall–Kier alpha value is -2.56. The molecule has 1 aromatic heterocycles. The third kappa shape index (κ3) is 4.54. The van der Waals surface area contributed by atoms with Crippen molar-refractivity contribution in [2.45, 2.75) is 0 Å². The van der Waals surface area contributed by atoms with Gasteiger partial charge in [0.1, 0.15) is 23.2 Å². The molecule has 0 aliphatic carbocycles. The Balaban J connectivity index is 1.81.